The molecule has 1 aromatic carbocycles. The van der Waals surface area contributed by atoms with Gasteiger partial charge in [0.05, 0.1) is 12.7 Å². The Bertz CT molecular complexity index is 458. The minimum absolute atomic E-state index is 0.333. The van der Waals surface area contributed by atoms with E-state index in [2.05, 4.69) is 23.2 Å². The minimum atomic E-state index is -0.333. The van der Waals surface area contributed by atoms with E-state index >= 15 is 0 Å². The number of allylic oxidation sites excluding steroid dienone is 2. The van der Waals surface area contributed by atoms with Crippen molar-refractivity contribution < 1.29 is 9.53 Å². The first-order chi connectivity index (χ1) is 8.71. The number of carbonyl (C=O) groups excluding carboxylic acids is 1. The predicted molar refractivity (Wildman–Crippen MR) is 74.7 cm³/mol. The van der Waals surface area contributed by atoms with Gasteiger partial charge in [-0.15, -0.1) is 0 Å². The van der Waals surface area contributed by atoms with E-state index in [-0.39, 0.29) is 5.97 Å². The quantitative estimate of drug-likeness (QED) is 0.616. The van der Waals surface area contributed by atoms with Crippen molar-refractivity contribution in [2.75, 3.05) is 19.0 Å². The maximum Gasteiger partial charge on any atom is 0.337 e. The summed E-state index contributed by atoms with van der Waals surface area (Å²) >= 11 is 0. The van der Waals surface area contributed by atoms with Crippen LogP contribution in [0.2, 0.25) is 0 Å². The lowest BCUT2D eigenvalue weighted by Gasteiger charge is -2.07. The third-order valence-corrected chi connectivity index (χ3v) is 2.40. The Morgan fingerprint density at radius 3 is 2.50 bits per heavy atom. The maximum atomic E-state index is 11.2. The molecule has 94 valence electrons. The van der Waals surface area contributed by atoms with Crippen molar-refractivity contribution in [2.24, 2.45) is 0 Å². The fraction of sp³-hybridized carbons (Fsp3) is 0.133. The molecule has 0 aliphatic rings. The lowest BCUT2D eigenvalue weighted by Crippen LogP contribution is -2.04. The number of methoxy groups -OCH3 is 1. The number of hydrogen-bond acceptors (Lipinski definition) is 3. The summed E-state index contributed by atoms with van der Waals surface area (Å²) in [6.07, 6.45) is 5.39. The standard InChI is InChI=1S/C15H17NO2/c1-4-6-12(5-2)11-16-14-9-7-13(8-10-14)15(17)18-3/h4-10,16H,1-2,11H2,3H3/b12-6+. The van der Waals surface area contributed by atoms with Gasteiger partial charge in [-0.2, -0.15) is 0 Å². The minimum Gasteiger partial charge on any atom is -0.465 e. The summed E-state index contributed by atoms with van der Waals surface area (Å²) in [4.78, 5) is 11.2. The monoisotopic (exact) mass is 243 g/mol. The van der Waals surface area contributed by atoms with Crippen molar-refractivity contribution >= 4 is 11.7 Å². The molecule has 18 heavy (non-hydrogen) atoms. The molecular formula is C15H17NO2. The van der Waals surface area contributed by atoms with Gasteiger partial charge in [0.1, 0.15) is 0 Å². The van der Waals surface area contributed by atoms with Gasteiger partial charge in [0.15, 0.2) is 0 Å². The Labute approximate surface area is 107 Å². The van der Waals surface area contributed by atoms with E-state index in [1.54, 1.807) is 24.3 Å². The molecule has 0 atom stereocenters. The highest BCUT2D eigenvalue weighted by Crippen LogP contribution is 2.11. The molecule has 0 saturated carbocycles. The smallest absolute Gasteiger partial charge is 0.337 e. The van der Waals surface area contributed by atoms with Gasteiger partial charge < -0.3 is 10.1 Å². The normalized spacial score (nSPS) is 10.6. The summed E-state index contributed by atoms with van der Waals surface area (Å²) in [6.45, 7) is 8.02. The van der Waals surface area contributed by atoms with Crippen molar-refractivity contribution in [3.8, 4) is 0 Å². The van der Waals surface area contributed by atoms with Crippen molar-refractivity contribution in [3.63, 3.8) is 0 Å². The molecule has 0 spiro atoms. The third-order valence-electron chi connectivity index (χ3n) is 2.40. The molecule has 0 fully saturated rings. The topological polar surface area (TPSA) is 38.3 Å². The second-order valence-corrected chi connectivity index (χ2v) is 3.60. The summed E-state index contributed by atoms with van der Waals surface area (Å²) in [6, 6.07) is 7.11. The Morgan fingerprint density at radius 1 is 1.33 bits per heavy atom. The van der Waals surface area contributed by atoms with E-state index in [1.807, 2.05) is 18.2 Å². The Kier molecular flexibility index (Phi) is 5.45. The number of anilines is 1. The molecule has 1 aromatic rings. The van der Waals surface area contributed by atoms with Crippen LogP contribution in [0, 0.1) is 0 Å². The molecule has 0 heterocycles. The maximum absolute atomic E-state index is 11.2. The zero-order chi connectivity index (χ0) is 13.4. The Morgan fingerprint density at radius 2 is 2.00 bits per heavy atom. The number of carbonyl (C=O) groups is 1. The molecule has 0 aliphatic heterocycles. The third kappa shape index (κ3) is 3.94. The molecule has 3 nitrogen and oxygen atoms in total. The Hall–Kier alpha value is -2.29. The van der Waals surface area contributed by atoms with Crippen LogP contribution < -0.4 is 5.32 Å². The van der Waals surface area contributed by atoms with Crippen molar-refractivity contribution in [1.82, 2.24) is 0 Å². The highest BCUT2D eigenvalue weighted by molar-refractivity contribution is 5.89. The SMILES string of the molecule is C=C/C=C(\C=C)CNc1ccc(C(=O)OC)cc1. The van der Waals surface area contributed by atoms with Crippen LogP contribution >= 0.6 is 0 Å². The molecule has 0 unspecified atom stereocenters. The molecule has 3 heteroatoms. The molecular weight excluding hydrogens is 226 g/mol. The largest absolute Gasteiger partial charge is 0.465 e. The van der Waals surface area contributed by atoms with Crippen LogP contribution in [0.3, 0.4) is 0 Å². The molecule has 0 radical (unpaired) electrons. The fourth-order valence-corrected chi connectivity index (χ4v) is 1.40. The van der Waals surface area contributed by atoms with Crippen LogP contribution in [0.25, 0.3) is 0 Å². The molecule has 0 bridgehead atoms. The number of hydrogen-bond donors (Lipinski definition) is 1. The molecule has 1 rings (SSSR count). The van der Waals surface area contributed by atoms with E-state index < -0.39 is 0 Å². The van der Waals surface area contributed by atoms with Crippen LogP contribution in [0.5, 0.6) is 0 Å². The molecule has 0 aromatic heterocycles. The van der Waals surface area contributed by atoms with Gasteiger partial charge in [-0.05, 0) is 29.8 Å². The highest BCUT2D eigenvalue weighted by atomic mass is 16.5. The summed E-state index contributed by atoms with van der Waals surface area (Å²) in [7, 11) is 1.37. The van der Waals surface area contributed by atoms with Gasteiger partial charge in [-0.1, -0.05) is 31.4 Å². The predicted octanol–water partition coefficient (Wildman–Crippen LogP) is 3.18. The molecule has 0 saturated heterocycles. The first kappa shape index (κ1) is 13.8. The van der Waals surface area contributed by atoms with Crippen molar-refractivity contribution in [1.29, 1.82) is 0 Å². The second-order valence-electron chi connectivity index (χ2n) is 3.60. The van der Waals surface area contributed by atoms with Gasteiger partial charge in [0, 0.05) is 12.2 Å². The van der Waals surface area contributed by atoms with Gasteiger partial charge >= 0.3 is 5.97 Å². The average Bonchev–Trinajstić information content (AvgIpc) is 2.43. The summed E-state index contributed by atoms with van der Waals surface area (Å²) < 4.78 is 4.63. The van der Waals surface area contributed by atoms with Crippen LogP contribution in [0.1, 0.15) is 10.4 Å². The van der Waals surface area contributed by atoms with Crippen molar-refractivity contribution in [2.45, 2.75) is 0 Å². The van der Waals surface area contributed by atoms with Crippen LogP contribution in [-0.2, 0) is 4.74 Å². The number of esters is 1. The highest BCUT2D eigenvalue weighted by Gasteiger charge is 2.03. The second kappa shape index (κ2) is 7.12. The molecule has 1 N–H and O–H groups in total. The van der Waals surface area contributed by atoms with Crippen molar-refractivity contribution in [3.05, 3.63) is 66.8 Å². The summed E-state index contributed by atoms with van der Waals surface area (Å²) in [5.74, 6) is -0.333. The zero-order valence-corrected chi connectivity index (χ0v) is 10.5. The molecule has 0 amide bonds. The average molecular weight is 243 g/mol. The lowest BCUT2D eigenvalue weighted by molar-refractivity contribution is 0.0601. The van der Waals surface area contributed by atoms with Crippen LogP contribution in [0.4, 0.5) is 5.69 Å². The van der Waals surface area contributed by atoms with Gasteiger partial charge in [0.2, 0.25) is 0 Å². The number of nitrogens with one attached hydrogen (secondary N) is 1. The number of ether oxygens (including phenoxy) is 1. The Balaban J connectivity index is 2.64. The van der Waals surface area contributed by atoms with Gasteiger partial charge in [0.25, 0.3) is 0 Å². The zero-order valence-electron chi connectivity index (χ0n) is 10.5. The van der Waals surface area contributed by atoms with E-state index in [4.69, 9.17) is 0 Å². The first-order valence-electron chi connectivity index (χ1n) is 5.57. The van der Waals surface area contributed by atoms with E-state index in [9.17, 15) is 4.79 Å². The van der Waals surface area contributed by atoms with Gasteiger partial charge in [-0.3, -0.25) is 0 Å². The van der Waals surface area contributed by atoms with Crippen LogP contribution in [0.15, 0.2) is 61.2 Å². The number of rotatable bonds is 6. The van der Waals surface area contributed by atoms with E-state index in [0.717, 1.165) is 11.3 Å². The van der Waals surface area contributed by atoms with Gasteiger partial charge in [-0.25, -0.2) is 4.79 Å². The lowest BCUT2D eigenvalue weighted by atomic mass is 10.2. The van der Waals surface area contributed by atoms with E-state index in [0.29, 0.717) is 12.1 Å². The van der Waals surface area contributed by atoms with Crippen LogP contribution in [-0.4, -0.2) is 19.6 Å². The number of benzene rings is 1. The fourth-order valence-electron chi connectivity index (χ4n) is 1.40. The van der Waals surface area contributed by atoms with E-state index in [1.165, 1.54) is 7.11 Å². The summed E-state index contributed by atoms with van der Waals surface area (Å²) in [5, 5.41) is 3.23. The molecule has 0 aliphatic carbocycles. The first-order valence-corrected chi connectivity index (χ1v) is 5.57. The summed E-state index contributed by atoms with van der Waals surface area (Å²) in [5.41, 5.74) is 2.51.